The predicted molar refractivity (Wildman–Crippen MR) is 38.9 cm³/mol. The Morgan fingerprint density at radius 3 is 2.46 bits per heavy atom. The Morgan fingerprint density at radius 2 is 2.00 bits per heavy atom. The van der Waals surface area contributed by atoms with E-state index in [-0.39, 0.29) is 11.3 Å². The highest BCUT2D eigenvalue weighted by Crippen LogP contribution is 2.30. The number of pyridine rings is 1. The van der Waals surface area contributed by atoms with Gasteiger partial charge >= 0.3 is 6.18 Å². The van der Waals surface area contributed by atoms with Crippen molar-refractivity contribution in [1.29, 1.82) is 0 Å². The van der Waals surface area contributed by atoms with Crippen LogP contribution in [-0.2, 0) is 0 Å². The molecule has 0 saturated carbocycles. The Kier molecular flexibility index (Phi) is 2.42. The lowest BCUT2D eigenvalue weighted by Gasteiger charge is -2.15. The van der Waals surface area contributed by atoms with Crippen LogP contribution in [0.5, 0.6) is 5.75 Å². The van der Waals surface area contributed by atoms with Gasteiger partial charge in [-0.05, 0) is 11.6 Å². The summed E-state index contributed by atoms with van der Waals surface area (Å²) in [6, 6.07) is -1.17. The van der Waals surface area contributed by atoms with E-state index in [1.165, 1.54) is 0 Å². The van der Waals surface area contributed by atoms with Crippen molar-refractivity contribution in [2.45, 2.75) is 12.2 Å². The molecule has 1 rings (SSSR count). The second kappa shape index (κ2) is 3.21. The fourth-order valence-electron chi connectivity index (χ4n) is 0.804. The number of hydrogen-bond donors (Lipinski definition) is 2. The van der Waals surface area contributed by atoms with E-state index in [1.54, 1.807) is 0 Å². The molecule has 0 amide bonds. The van der Waals surface area contributed by atoms with E-state index in [1.807, 2.05) is 0 Å². The SMILES string of the molecule is NC(c1cncc(O)c1)C(F)(F)F. The maximum absolute atomic E-state index is 12.0. The summed E-state index contributed by atoms with van der Waals surface area (Å²) >= 11 is 0. The van der Waals surface area contributed by atoms with Crippen molar-refractivity contribution in [1.82, 2.24) is 4.98 Å². The van der Waals surface area contributed by atoms with Gasteiger partial charge in [0.2, 0.25) is 0 Å². The zero-order valence-corrected chi connectivity index (χ0v) is 6.42. The van der Waals surface area contributed by atoms with Gasteiger partial charge < -0.3 is 10.8 Å². The van der Waals surface area contributed by atoms with Crippen LogP contribution in [-0.4, -0.2) is 16.3 Å². The molecule has 6 heteroatoms. The van der Waals surface area contributed by atoms with Gasteiger partial charge in [-0.25, -0.2) is 0 Å². The Hall–Kier alpha value is -1.30. The van der Waals surface area contributed by atoms with E-state index in [0.29, 0.717) is 0 Å². The van der Waals surface area contributed by atoms with Crippen molar-refractivity contribution in [2.24, 2.45) is 5.73 Å². The molecule has 0 saturated heterocycles. The smallest absolute Gasteiger partial charge is 0.407 e. The molecule has 0 aromatic carbocycles. The second-order valence-electron chi connectivity index (χ2n) is 2.50. The van der Waals surface area contributed by atoms with Crippen molar-refractivity contribution >= 4 is 0 Å². The van der Waals surface area contributed by atoms with Crippen molar-refractivity contribution < 1.29 is 18.3 Å². The van der Waals surface area contributed by atoms with Crippen molar-refractivity contribution in [3.8, 4) is 5.75 Å². The molecular weight excluding hydrogens is 185 g/mol. The molecule has 3 nitrogen and oxygen atoms in total. The third-order valence-electron chi connectivity index (χ3n) is 1.46. The fourth-order valence-corrected chi connectivity index (χ4v) is 0.804. The van der Waals surface area contributed by atoms with E-state index < -0.39 is 12.2 Å². The van der Waals surface area contributed by atoms with Crippen LogP contribution >= 0.6 is 0 Å². The molecule has 0 radical (unpaired) electrons. The minimum Gasteiger partial charge on any atom is -0.506 e. The number of nitrogens with zero attached hydrogens (tertiary/aromatic N) is 1. The van der Waals surface area contributed by atoms with E-state index in [2.05, 4.69) is 4.98 Å². The fraction of sp³-hybridized carbons (Fsp3) is 0.286. The maximum Gasteiger partial charge on any atom is 0.407 e. The Balaban J connectivity index is 2.96. The van der Waals surface area contributed by atoms with Crippen molar-refractivity contribution in [2.75, 3.05) is 0 Å². The molecule has 13 heavy (non-hydrogen) atoms. The van der Waals surface area contributed by atoms with Crippen LogP contribution in [0.4, 0.5) is 13.2 Å². The molecule has 1 aromatic heterocycles. The number of nitrogens with two attached hydrogens (primary N) is 1. The monoisotopic (exact) mass is 192 g/mol. The topological polar surface area (TPSA) is 59.1 Å². The van der Waals surface area contributed by atoms with Gasteiger partial charge in [-0.3, -0.25) is 4.98 Å². The molecule has 0 spiro atoms. The van der Waals surface area contributed by atoms with Crippen LogP contribution in [0.25, 0.3) is 0 Å². The van der Waals surface area contributed by atoms with E-state index >= 15 is 0 Å². The van der Waals surface area contributed by atoms with Gasteiger partial charge in [0.15, 0.2) is 0 Å². The van der Waals surface area contributed by atoms with Crippen molar-refractivity contribution in [3.05, 3.63) is 24.0 Å². The van der Waals surface area contributed by atoms with Gasteiger partial charge in [0, 0.05) is 6.20 Å². The molecule has 0 aliphatic carbocycles. The Morgan fingerprint density at radius 1 is 1.38 bits per heavy atom. The number of hydrogen-bond acceptors (Lipinski definition) is 3. The highest BCUT2D eigenvalue weighted by atomic mass is 19.4. The first-order chi connectivity index (χ1) is 5.91. The van der Waals surface area contributed by atoms with Crippen LogP contribution in [0.2, 0.25) is 0 Å². The molecule has 0 bridgehead atoms. The van der Waals surface area contributed by atoms with Gasteiger partial charge in [-0.1, -0.05) is 0 Å². The molecule has 1 unspecified atom stereocenters. The number of alkyl halides is 3. The Labute approximate surface area is 72.0 Å². The standard InChI is InChI=1S/C7H7F3N2O/c8-7(9,10)6(11)4-1-5(13)3-12-2-4/h1-3,6,13H,11H2. The maximum atomic E-state index is 12.0. The van der Waals surface area contributed by atoms with Crippen LogP contribution in [0.15, 0.2) is 18.5 Å². The predicted octanol–water partition coefficient (Wildman–Crippen LogP) is 1.35. The number of halogens is 3. The average Bonchev–Trinajstić information content (AvgIpc) is 2.01. The third-order valence-corrected chi connectivity index (χ3v) is 1.46. The zero-order chi connectivity index (χ0) is 10.1. The quantitative estimate of drug-likeness (QED) is 0.706. The average molecular weight is 192 g/mol. The summed E-state index contributed by atoms with van der Waals surface area (Å²) in [5, 5.41) is 8.84. The lowest BCUT2D eigenvalue weighted by molar-refractivity contribution is -0.149. The third kappa shape index (κ3) is 2.32. The number of rotatable bonds is 1. The number of aromatic nitrogens is 1. The molecule has 1 heterocycles. The van der Waals surface area contributed by atoms with Gasteiger partial charge in [-0.2, -0.15) is 13.2 Å². The summed E-state index contributed by atoms with van der Waals surface area (Å²) in [5.41, 5.74) is 4.61. The molecule has 72 valence electrons. The molecular formula is C7H7F3N2O. The second-order valence-corrected chi connectivity index (χ2v) is 2.50. The number of aromatic hydroxyl groups is 1. The normalized spacial score (nSPS) is 14.2. The summed E-state index contributed by atoms with van der Waals surface area (Å²) in [4.78, 5) is 3.39. The first-order valence-corrected chi connectivity index (χ1v) is 3.37. The molecule has 0 fully saturated rings. The van der Waals surface area contributed by atoms with Crippen LogP contribution < -0.4 is 5.73 Å². The molecule has 0 aliphatic rings. The Bertz CT molecular complexity index is 300. The van der Waals surface area contributed by atoms with E-state index in [4.69, 9.17) is 10.8 Å². The van der Waals surface area contributed by atoms with Gasteiger partial charge in [0.25, 0.3) is 0 Å². The molecule has 1 aromatic rings. The lowest BCUT2D eigenvalue weighted by atomic mass is 10.1. The lowest BCUT2D eigenvalue weighted by Crippen LogP contribution is -2.28. The molecule has 1 atom stereocenters. The summed E-state index contributed by atoms with van der Waals surface area (Å²) < 4.78 is 36.1. The molecule has 3 N–H and O–H groups in total. The summed E-state index contributed by atoms with van der Waals surface area (Å²) in [6.45, 7) is 0. The first-order valence-electron chi connectivity index (χ1n) is 3.37. The highest BCUT2D eigenvalue weighted by molar-refractivity contribution is 5.25. The minimum atomic E-state index is -4.52. The van der Waals surface area contributed by atoms with Gasteiger partial charge in [0.1, 0.15) is 11.8 Å². The first kappa shape index (κ1) is 9.79. The zero-order valence-electron chi connectivity index (χ0n) is 6.42. The summed E-state index contributed by atoms with van der Waals surface area (Å²) in [6.07, 6.45) is -2.51. The summed E-state index contributed by atoms with van der Waals surface area (Å²) in [7, 11) is 0. The highest BCUT2D eigenvalue weighted by Gasteiger charge is 2.38. The van der Waals surface area contributed by atoms with E-state index in [9.17, 15) is 13.2 Å². The van der Waals surface area contributed by atoms with Crippen LogP contribution in [0.1, 0.15) is 11.6 Å². The largest absolute Gasteiger partial charge is 0.506 e. The van der Waals surface area contributed by atoms with Gasteiger partial charge in [-0.15, -0.1) is 0 Å². The van der Waals surface area contributed by atoms with Crippen LogP contribution in [0.3, 0.4) is 0 Å². The summed E-state index contributed by atoms with van der Waals surface area (Å²) in [5.74, 6) is -0.336. The van der Waals surface area contributed by atoms with Crippen molar-refractivity contribution in [3.63, 3.8) is 0 Å². The molecule has 0 aliphatic heterocycles. The van der Waals surface area contributed by atoms with Gasteiger partial charge in [0.05, 0.1) is 6.20 Å². The van der Waals surface area contributed by atoms with Crippen LogP contribution in [0, 0.1) is 0 Å². The van der Waals surface area contributed by atoms with E-state index in [0.717, 1.165) is 18.5 Å². The minimum absolute atomic E-state index is 0.257.